The topological polar surface area (TPSA) is 56.7 Å². The molecule has 0 aromatic carbocycles. The molecule has 1 unspecified atom stereocenters. The quantitative estimate of drug-likeness (QED) is 0.654. The van der Waals surface area contributed by atoms with Gasteiger partial charge in [-0.1, -0.05) is 5.21 Å². The van der Waals surface area contributed by atoms with E-state index in [9.17, 15) is 0 Å². The van der Waals surface area contributed by atoms with E-state index in [0.29, 0.717) is 0 Å². The maximum atomic E-state index is 5.84. The van der Waals surface area contributed by atoms with Gasteiger partial charge < -0.3 is 5.73 Å². The molecular weight excluding hydrogens is 140 g/mol. The van der Waals surface area contributed by atoms with Crippen LogP contribution in [0.5, 0.6) is 0 Å². The predicted octanol–water partition coefficient (Wildman–Crippen LogP) is 0.114. The number of hydrogen-bond acceptors (Lipinski definition) is 3. The van der Waals surface area contributed by atoms with Crippen LogP contribution in [0.3, 0.4) is 0 Å². The van der Waals surface area contributed by atoms with E-state index in [-0.39, 0.29) is 11.6 Å². The van der Waals surface area contributed by atoms with Crippen molar-refractivity contribution in [3.63, 3.8) is 0 Å². The second-order valence-corrected chi connectivity index (χ2v) is 3.24. The lowest BCUT2D eigenvalue weighted by atomic mass is 10.1. The van der Waals surface area contributed by atoms with Crippen molar-refractivity contribution >= 4 is 0 Å². The summed E-state index contributed by atoms with van der Waals surface area (Å²) in [6.07, 6.45) is 5.85. The Morgan fingerprint density at radius 1 is 1.64 bits per heavy atom. The molecule has 1 fully saturated rings. The van der Waals surface area contributed by atoms with Crippen molar-refractivity contribution in [3.05, 3.63) is 12.4 Å². The fourth-order valence-corrected chi connectivity index (χ4v) is 1.47. The van der Waals surface area contributed by atoms with Crippen molar-refractivity contribution < 1.29 is 0 Å². The monoisotopic (exact) mass is 152 g/mol. The summed E-state index contributed by atoms with van der Waals surface area (Å²) in [6, 6.07) is 0.171. The zero-order chi connectivity index (χ0) is 7.90. The van der Waals surface area contributed by atoms with Crippen LogP contribution < -0.4 is 5.73 Å². The largest absolute Gasteiger partial charge is 0.326 e. The van der Waals surface area contributed by atoms with Crippen LogP contribution in [0.1, 0.15) is 19.8 Å². The van der Waals surface area contributed by atoms with Gasteiger partial charge in [0.25, 0.3) is 0 Å². The molecule has 0 spiro atoms. The van der Waals surface area contributed by atoms with Crippen molar-refractivity contribution in [1.82, 2.24) is 15.0 Å². The summed E-state index contributed by atoms with van der Waals surface area (Å²) >= 11 is 0. The molecule has 2 N–H and O–H groups in total. The van der Waals surface area contributed by atoms with Crippen LogP contribution in [0.25, 0.3) is 0 Å². The van der Waals surface area contributed by atoms with Crippen LogP contribution in [-0.4, -0.2) is 21.0 Å². The summed E-state index contributed by atoms with van der Waals surface area (Å²) in [5.74, 6) is 0. The van der Waals surface area contributed by atoms with Gasteiger partial charge in [0.1, 0.15) is 0 Å². The first-order chi connectivity index (χ1) is 5.26. The minimum Gasteiger partial charge on any atom is -0.326 e. The molecule has 1 aromatic rings. The highest BCUT2D eigenvalue weighted by Gasteiger charge is 2.48. The van der Waals surface area contributed by atoms with Crippen LogP contribution in [0.4, 0.5) is 0 Å². The van der Waals surface area contributed by atoms with E-state index in [1.807, 2.05) is 17.8 Å². The third kappa shape index (κ3) is 0.860. The molecule has 4 heteroatoms. The number of nitrogens with two attached hydrogens (primary N) is 1. The number of aromatic nitrogens is 3. The molecule has 1 aliphatic carbocycles. The highest BCUT2D eigenvalue weighted by molar-refractivity contribution is 5.04. The Morgan fingerprint density at radius 2 is 2.36 bits per heavy atom. The standard InChI is InChI=1S/C7H12N4/c1-6(8)7(2-3-7)11-5-4-9-10-11/h4-6H,2-3,8H2,1H3. The first-order valence-corrected chi connectivity index (χ1v) is 3.88. The van der Waals surface area contributed by atoms with Gasteiger partial charge in [-0.3, -0.25) is 0 Å². The molecule has 0 radical (unpaired) electrons. The minimum absolute atomic E-state index is 0.0938. The maximum absolute atomic E-state index is 5.84. The van der Waals surface area contributed by atoms with Gasteiger partial charge in [0.2, 0.25) is 0 Å². The molecule has 11 heavy (non-hydrogen) atoms. The molecule has 60 valence electrons. The van der Waals surface area contributed by atoms with Gasteiger partial charge in [-0.2, -0.15) is 0 Å². The molecule has 4 nitrogen and oxygen atoms in total. The summed E-state index contributed by atoms with van der Waals surface area (Å²) < 4.78 is 1.89. The molecule has 0 amide bonds. The smallest absolute Gasteiger partial charge is 0.0794 e. The molecule has 1 heterocycles. The van der Waals surface area contributed by atoms with Crippen molar-refractivity contribution in [2.45, 2.75) is 31.3 Å². The van der Waals surface area contributed by atoms with Crippen LogP contribution in [0.15, 0.2) is 12.4 Å². The number of nitrogens with zero attached hydrogens (tertiary/aromatic N) is 3. The van der Waals surface area contributed by atoms with Crippen LogP contribution >= 0.6 is 0 Å². The van der Waals surface area contributed by atoms with E-state index in [4.69, 9.17) is 5.73 Å². The van der Waals surface area contributed by atoms with Crippen LogP contribution in [0, 0.1) is 0 Å². The van der Waals surface area contributed by atoms with E-state index >= 15 is 0 Å². The second-order valence-electron chi connectivity index (χ2n) is 3.24. The van der Waals surface area contributed by atoms with E-state index < -0.39 is 0 Å². The lowest BCUT2D eigenvalue weighted by molar-refractivity contribution is 0.361. The fraction of sp³-hybridized carbons (Fsp3) is 0.714. The molecular formula is C7H12N4. The van der Waals surface area contributed by atoms with Crippen LogP contribution in [-0.2, 0) is 5.54 Å². The minimum atomic E-state index is 0.0938. The molecule has 1 saturated carbocycles. The van der Waals surface area contributed by atoms with Gasteiger partial charge in [0.15, 0.2) is 0 Å². The summed E-state index contributed by atoms with van der Waals surface area (Å²) in [5.41, 5.74) is 5.93. The van der Waals surface area contributed by atoms with Crippen molar-refractivity contribution in [2.75, 3.05) is 0 Å². The zero-order valence-corrected chi connectivity index (χ0v) is 6.57. The second kappa shape index (κ2) is 2.04. The molecule has 0 bridgehead atoms. The summed E-state index contributed by atoms with van der Waals surface area (Å²) in [5, 5.41) is 7.73. The SMILES string of the molecule is CC(N)C1(n2ccnn2)CC1. The number of rotatable bonds is 2. The Balaban J connectivity index is 2.29. The zero-order valence-electron chi connectivity index (χ0n) is 6.57. The van der Waals surface area contributed by atoms with E-state index in [1.54, 1.807) is 6.20 Å². The molecule has 0 saturated heterocycles. The molecule has 0 aliphatic heterocycles. The van der Waals surface area contributed by atoms with E-state index in [2.05, 4.69) is 10.3 Å². The van der Waals surface area contributed by atoms with E-state index in [0.717, 1.165) is 12.8 Å². The lowest BCUT2D eigenvalue weighted by Gasteiger charge is -2.18. The van der Waals surface area contributed by atoms with Gasteiger partial charge in [-0.15, -0.1) is 5.10 Å². The normalized spacial score (nSPS) is 23.1. The first kappa shape index (κ1) is 6.79. The summed E-state index contributed by atoms with van der Waals surface area (Å²) in [7, 11) is 0. The van der Waals surface area contributed by atoms with Crippen molar-refractivity contribution in [1.29, 1.82) is 0 Å². The highest BCUT2D eigenvalue weighted by atomic mass is 15.5. The van der Waals surface area contributed by atoms with Crippen molar-refractivity contribution in [2.24, 2.45) is 5.73 Å². The third-order valence-electron chi connectivity index (χ3n) is 2.49. The first-order valence-electron chi connectivity index (χ1n) is 3.88. The van der Waals surface area contributed by atoms with Gasteiger partial charge >= 0.3 is 0 Å². The van der Waals surface area contributed by atoms with Crippen LogP contribution in [0.2, 0.25) is 0 Å². The average Bonchev–Trinajstić information content (AvgIpc) is 2.61. The van der Waals surface area contributed by atoms with Gasteiger partial charge in [-0.05, 0) is 19.8 Å². The highest BCUT2D eigenvalue weighted by Crippen LogP contribution is 2.44. The van der Waals surface area contributed by atoms with Gasteiger partial charge in [-0.25, -0.2) is 4.68 Å². The number of hydrogen-bond donors (Lipinski definition) is 1. The fourth-order valence-electron chi connectivity index (χ4n) is 1.47. The Kier molecular flexibility index (Phi) is 1.26. The summed E-state index contributed by atoms with van der Waals surface area (Å²) in [4.78, 5) is 0. The maximum Gasteiger partial charge on any atom is 0.0794 e. The van der Waals surface area contributed by atoms with Crippen molar-refractivity contribution in [3.8, 4) is 0 Å². The lowest BCUT2D eigenvalue weighted by Crippen LogP contribution is -2.37. The Morgan fingerprint density at radius 3 is 2.73 bits per heavy atom. The summed E-state index contributed by atoms with van der Waals surface area (Å²) in [6.45, 7) is 2.02. The van der Waals surface area contributed by atoms with E-state index in [1.165, 1.54) is 0 Å². The third-order valence-corrected chi connectivity index (χ3v) is 2.49. The molecule has 2 rings (SSSR count). The average molecular weight is 152 g/mol. The molecule has 1 aromatic heterocycles. The predicted molar refractivity (Wildman–Crippen MR) is 40.9 cm³/mol. The molecule has 1 atom stereocenters. The Bertz CT molecular complexity index is 235. The van der Waals surface area contributed by atoms with Gasteiger partial charge in [0, 0.05) is 12.2 Å². The Hall–Kier alpha value is -0.900. The van der Waals surface area contributed by atoms with Gasteiger partial charge in [0.05, 0.1) is 11.7 Å². The Labute approximate surface area is 65.4 Å². The molecule has 1 aliphatic rings.